The summed E-state index contributed by atoms with van der Waals surface area (Å²) in [7, 11) is 0. The largest absolute Gasteiger partial charge is 0.218 e. The van der Waals surface area contributed by atoms with Crippen LogP contribution in [0.4, 0.5) is 0 Å². The second kappa shape index (κ2) is 44.7. The monoisotopic (exact) mass is 753 g/mol. The average Bonchev–Trinajstić information content (AvgIpc) is 3.19. The van der Waals surface area contributed by atoms with E-state index in [1.165, 1.54) is 283 Å². The van der Waals surface area contributed by atoms with Crippen LogP contribution in [0.1, 0.15) is 308 Å². The van der Waals surface area contributed by atoms with Crippen LogP contribution >= 0.6 is 0 Å². The van der Waals surface area contributed by atoms with Gasteiger partial charge in [-0.15, -0.1) is 0 Å². The molecule has 0 N–H and O–H groups in total. The van der Waals surface area contributed by atoms with E-state index in [0.717, 1.165) is 24.5 Å². The number of aromatic nitrogens is 3. The van der Waals surface area contributed by atoms with Gasteiger partial charge in [-0.05, 0) is 12.8 Å². The first-order valence-corrected chi connectivity index (χ1v) is 25.5. The number of hydrogen-bond donors (Lipinski definition) is 0. The van der Waals surface area contributed by atoms with Crippen molar-refractivity contribution >= 4 is 0 Å². The van der Waals surface area contributed by atoms with E-state index in [-0.39, 0.29) is 0 Å². The second-order valence-corrected chi connectivity index (χ2v) is 17.6. The van der Waals surface area contributed by atoms with E-state index < -0.39 is 0 Å². The van der Waals surface area contributed by atoms with Crippen molar-refractivity contribution in [3.8, 4) is 0 Å². The van der Waals surface area contributed by atoms with Crippen LogP contribution < -0.4 is 0 Å². The summed E-state index contributed by atoms with van der Waals surface area (Å²) < 4.78 is 0. The normalized spacial score (nSPS) is 11.6. The number of hydrogen-bond acceptors (Lipinski definition) is 3. The lowest BCUT2D eigenvalue weighted by Crippen LogP contribution is -2.03. The van der Waals surface area contributed by atoms with Crippen molar-refractivity contribution in [1.29, 1.82) is 0 Å². The highest BCUT2D eigenvalue weighted by molar-refractivity contribution is 4.90. The number of aryl methyl sites for hydroxylation is 2. The highest BCUT2D eigenvalue weighted by atomic mass is 15.0. The van der Waals surface area contributed by atoms with Crippen molar-refractivity contribution in [3.63, 3.8) is 0 Å². The van der Waals surface area contributed by atoms with E-state index in [1.54, 1.807) is 0 Å². The molecular formula is C51H98N3. The molecule has 1 aromatic rings. The van der Waals surface area contributed by atoms with Crippen LogP contribution in [0.3, 0.4) is 0 Å². The van der Waals surface area contributed by atoms with Crippen LogP contribution in [0.25, 0.3) is 0 Å². The SMILES string of the molecule is CCCCCCCCCCCCCCCCCCCCCCCCc1n[c]nc(CCCCCCCCCCCCCCCCCCCCCCCC)n1. The Balaban J connectivity index is 1.78. The quantitative estimate of drug-likeness (QED) is 0.0623. The van der Waals surface area contributed by atoms with Crippen molar-refractivity contribution < 1.29 is 0 Å². The summed E-state index contributed by atoms with van der Waals surface area (Å²) in [5.41, 5.74) is 0. The first kappa shape index (κ1) is 51.0. The second-order valence-electron chi connectivity index (χ2n) is 17.6. The zero-order valence-electron chi connectivity index (χ0n) is 37.4. The number of unbranched alkanes of at least 4 members (excludes halogenated alkanes) is 42. The average molecular weight is 753 g/mol. The Hall–Kier alpha value is -0.990. The fourth-order valence-corrected chi connectivity index (χ4v) is 8.35. The highest BCUT2D eigenvalue weighted by Gasteiger charge is 2.03. The van der Waals surface area contributed by atoms with Gasteiger partial charge >= 0.3 is 0 Å². The molecule has 1 heterocycles. The van der Waals surface area contributed by atoms with Crippen molar-refractivity contribution in [3.05, 3.63) is 18.0 Å². The molecule has 0 aliphatic rings. The summed E-state index contributed by atoms with van der Waals surface area (Å²) in [5, 5.41) is 0. The molecule has 0 unspecified atom stereocenters. The fraction of sp³-hybridized carbons (Fsp3) is 0.941. The van der Waals surface area contributed by atoms with Gasteiger partial charge in [-0.25, -0.2) is 15.0 Å². The minimum atomic E-state index is 0.965. The Labute approximate surface area is 341 Å². The molecule has 0 atom stereocenters. The van der Waals surface area contributed by atoms with E-state index in [4.69, 9.17) is 4.98 Å². The van der Waals surface area contributed by atoms with Crippen LogP contribution in [0, 0.1) is 6.33 Å². The summed E-state index contributed by atoms with van der Waals surface area (Å²) in [6.07, 6.45) is 67.8. The molecule has 54 heavy (non-hydrogen) atoms. The minimum absolute atomic E-state index is 0.965. The summed E-state index contributed by atoms with van der Waals surface area (Å²) >= 11 is 0. The van der Waals surface area contributed by atoms with Gasteiger partial charge in [0.1, 0.15) is 11.6 Å². The smallest absolute Gasteiger partial charge is 0.201 e. The van der Waals surface area contributed by atoms with Crippen LogP contribution in [0.2, 0.25) is 0 Å². The minimum Gasteiger partial charge on any atom is -0.218 e. The first-order chi connectivity index (χ1) is 26.9. The Morgan fingerprint density at radius 3 is 0.593 bits per heavy atom. The molecule has 0 aromatic carbocycles. The van der Waals surface area contributed by atoms with Gasteiger partial charge in [0.15, 0.2) is 0 Å². The molecule has 1 rings (SSSR count). The van der Waals surface area contributed by atoms with Gasteiger partial charge in [0.2, 0.25) is 6.33 Å². The number of rotatable bonds is 46. The highest BCUT2D eigenvalue weighted by Crippen LogP contribution is 2.18. The van der Waals surface area contributed by atoms with Gasteiger partial charge in [0, 0.05) is 12.8 Å². The van der Waals surface area contributed by atoms with E-state index >= 15 is 0 Å². The van der Waals surface area contributed by atoms with Crippen LogP contribution in [0.5, 0.6) is 0 Å². The lowest BCUT2D eigenvalue weighted by Gasteiger charge is -2.05. The van der Waals surface area contributed by atoms with Gasteiger partial charge in [-0.2, -0.15) is 0 Å². The van der Waals surface area contributed by atoms with Gasteiger partial charge in [0.25, 0.3) is 0 Å². The Morgan fingerprint density at radius 2 is 0.407 bits per heavy atom. The van der Waals surface area contributed by atoms with Gasteiger partial charge in [-0.1, -0.05) is 284 Å². The zero-order chi connectivity index (χ0) is 38.5. The van der Waals surface area contributed by atoms with Gasteiger partial charge < -0.3 is 0 Å². The lowest BCUT2D eigenvalue weighted by molar-refractivity contribution is 0.518. The standard InChI is InChI=1S/C51H98N3/c1-3-5-7-9-11-13-15-17-19-21-23-25-27-29-31-33-35-37-39-41-43-45-47-50-52-49-53-51(54-50)48-46-44-42-40-38-36-34-32-30-28-26-24-22-20-18-16-14-12-10-8-6-4-2/h3-48H2,1-2H3. The first-order valence-electron chi connectivity index (χ1n) is 25.5. The summed E-state index contributed by atoms with van der Waals surface area (Å²) in [6, 6.07) is 0. The third-order valence-corrected chi connectivity index (χ3v) is 12.1. The van der Waals surface area contributed by atoms with E-state index in [9.17, 15) is 0 Å². The van der Waals surface area contributed by atoms with Crippen LogP contribution in [0.15, 0.2) is 0 Å². The molecule has 317 valence electrons. The molecule has 0 aliphatic carbocycles. The maximum atomic E-state index is 4.77. The third kappa shape index (κ3) is 39.3. The molecule has 0 spiro atoms. The molecule has 0 saturated heterocycles. The molecule has 3 nitrogen and oxygen atoms in total. The zero-order valence-corrected chi connectivity index (χ0v) is 37.4. The maximum Gasteiger partial charge on any atom is 0.201 e. The van der Waals surface area contributed by atoms with Gasteiger partial charge in [-0.3, -0.25) is 0 Å². The van der Waals surface area contributed by atoms with Gasteiger partial charge in [0.05, 0.1) is 0 Å². The maximum absolute atomic E-state index is 4.77. The van der Waals surface area contributed by atoms with Crippen LogP contribution in [-0.2, 0) is 12.8 Å². The van der Waals surface area contributed by atoms with Crippen molar-refractivity contribution in [2.75, 3.05) is 0 Å². The Bertz CT molecular complexity index is 761. The van der Waals surface area contributed by atoms with Crippen molar-refractivity contribution in [1.82, 2.24) is 15.0 Å². The summed E-state index contributed by atoms with van der Waals surface area (Å²) in [4.78, 5) is 13.5. The molecule has 0 bridgehead atoms. The molecule has 0 fully saturated rings. The predicted octanol–water partition coefficient (Wildman–Crippen LogP) is 18.0. The molecule has 1 radical (unpaired) electrons. The molecule has 0 saturated carbocycles. The number of nitrogens with zero attached hydrogens (tertiary/aromatic N) is 3. The predicted molar refractivity (Wildman–Crippen MR) is 241 cm³/mol. The Morgan fingerprint density at radius 1 is 0.241 bits per heavy atom. The summed E-state index contributed by atoms with van der Waals surface area (Å²) in [5.74, 6) is 1.93. The molecule has 3 heteroatoms. The molecule has 1 aromatic heterocycles. The lowest BCUT2D eigenvalue weighted by atomic mass is 10.0. The summed E-state index contributed by atoms with van der Waals surface area (Å²) in [6.45, 7) is 4.61. The molecule has 0 aliphatic heterocycles. The van der Waals surface area contributed by atoms with E-state index in [2.05, 4.69) is 30.1 Å². The molecule has 0 amide bonds. The third-order valence-electron chi connectivity index (χ3n) is 12.1. The van der Waals surface area contributed by atoms with E-state index in [1.807, 2.05) is 0 Å². The van der Waals surface area contributed by atoms with Crippen LogP contribution in [-0.4, -0.2) is 15.0 Å². The fourth-order valence-electron chi connectivity index (χ4n) is 8.35. The topological polar surface area (TPSA) is 38.7 Å². The van der Waals surface area contributed by atoms with Crippen molar-refractivity contribution in [2.45, 2.75) is 309 Å². The molecular weight excluding hydrogens is 655 g/mol. The van der Waals surface area contributed by atoms with Crippen molar-refractivity contribution in [2.24, 2.45) is 0 Å². The van der Waals surface area contributed by atoms with E-state index in [0.29, 0.717) is 0 Å². The Kier molecular flexibility index (Phi) is 42.3.